The van der Waals surface area contributed by atoms with Gasteiger partial charge in [-0.25, -0.2) is 13.4 Å². The molecule has 0 spiro atoms. The predicted octanol–water partition coefficient (Wildman–Crippen LogP) is 3.74. The second kappa shape index (κ2) is 7.55. The minimum atomic E-state index is -3.54. The van der Waals surface area contributed by atoms with Crippen molar-refractivity contribution in [1.82, 2.24) is 9.88 Å². The third-order valence-corrected chi connectivity index (χ3v) is 9.36. The number of hydrogen-bond acceptors (Lipinski definition) is 6. The number of nitrogens with zero attached hydrogens (tertiary/aromatic N) is 2. The molecule has 0 unspecified atom stereocenters. The molecule has 2 aliphatic carbocycles. The molecule has 3 aliphatic rings. The molecular weight excluding hydrogens is 448 g/mol. The number of carbonyl (C=O) groups is 2. The predicted molar refractivity (Wildman–Crippen MR) is 124 cm³/mol. The van der Waals surface area contributed by atoms with Crippen molar-refractivity contribution in [2.45, 2.75) is 64.3 Å². The number of aryl methyl sites for hydroxylation is 1. The molecule has 1 aromatic carbocycles. The van der Waals surface area contributed by atoms with Crippen LogP contribution in [-0.2, 0) is 21.4 Å². The van der Waals surface area contributed by atoms with E-state index in [4.69, 9.17) is 0 Å². The van der Waals surface area contributed by atoms with Crippen molar-refractivity contribution in [1.29, 1.82) is 0 Å². The number of fused-ring (bicyclic) bond motifs is 1. The molecule has 5 rings (SSSR count). The fourth-order valence-corrected chi connectivity index (χ4v) is 6.73. The zero-order chi connectivity index (χ0) is 22.8. The molecule has 2 N–H and O–H groups in total. The molecule has 8 nitrogen and oxygen atoms in total. The highest BCUT2D eigenvalue weighted by atomic mass is 32.2. The van der Waals surface area contributed by atoms with E-state index in [1.54, 1.807) is 6.07 Å². The van der Waals surface area contributed by atoms with Crippen LogP contribution in [0.25, 0.3) is 10.4 Å². The van der Waals surface area contributed by atoms with E-state index in [1.165, 1.54) is 18.3 Å². The Balaban J connectivity index is 1.58. The summed E-state index contributed by atoms with van der Waals surface area (Å²) in [6.07, 6.45) is 3.54. The van der Waals surface area contributed by atoms with Gasteiger partial charge in [-0.2, -0.15) is 0 Å². The normalized spacial score (nSPS) is 19.1. The first-order valence-electron chi connectivity index (χ1n) is 10.9. The maximum absolute atomic E-state index is 13.3. The summed E-state index contributed by atoms with van der Waals surface area (Å²) in [7, 11) is -3.54. The van der Waals surface area contributed by atoms with Gasteiger partial charge in [-0.3, -0.25) is 14.3 Å². The quantitative estimate of drug-likeness (QED) is 0.636. The summed E-state index contributed by atoms with van der Waals surface area (Å²) < 4.78 is 28.2. The van der Waals surface area contributed by atoms with Gasteiger partial charge in [0.05, 0.1) is 27.1 Å². The van der Waals surface area contributed by atoms with E-state index in [2.05, 4.69) is 21.9 Å². The maximum atomic E-state index is 13.3. The van der Waals surface area contributed by atoms with E-state index < -0.39 is 15.3 Å². The lowest BCUT2D eigenvalue weighted by molar-refractivity contribution is -0.114. The molecule has 2 heterocycles. The van der Waals surface area contributed by atoms with Crippen LogP contribution in [0.3, 0.4) is 0 Å². The van der Waals surface area contributed by atoms with Crippen LogP contribution in [-0.4, -0.2) is 41.4 Å². The smallest absolute Gasteiger partial charge is 0.256 e. The lowest BCUT2D eigenvalue weighted by Crippen LogP contribution is -2.35. The lowest BCUT2D eigenvalue weighted by atomic mass is 10.0. The fraction of sp³-hybridized carbons (Fsp3) is 0.500. The molecule has 2 fully saturated rings. The second-order valence-corrected chi connectivity index (χ2v) is 12.0. The first-order valence-corrected chi connectivity index (χ1v) is 13.2. The molecule has 0 radical (unpaired) electrons. The number of hydrogen-bond donors (Lipinski definition) is 2. The van der Waals surface area contributed by atoms with E-state index in [0.29, 0.717) is 41.7 Å². The largest absolute Gasteiger partial charge is 0.331 e. The Kier molecular flexibility index (Phi) is 5.05. The van der Waals surface area contributed by atoms with Crippen LogP contribution >= 0.6 is 11.3 Å². The van der Waals surface area contributed by atoms with Gasteiger partial charge in [-0.1, -0.05) is 11.3 Å². The van der Waals surface area contributed by atoms with Gasteiger partial charge in [0.25, 0.3) is 5.91 Å². The van der Waals surface area contributed by atoms with E-state index in [-0.39, 0.29) is 17.9 Å². The van der Waals surface area contributed by atoms with Crippen LogP contribution in [0.5, 0.6) is 0 Å². The summed E-state index contributed by atoms with van der Waals surface area (Å²) in [6.45, 7) is 5.82. The van der Waals surface area contributed by atoms with Crippen molar-refractivity contribution in [3.63, 3.8) is 0 Å². The van der Waals surface area contributed by atoms with Crippen LogP contribution in [0.4, 0.5) is 10.8 Å². The third kappa shape index (κ3) is 3.90. The summed E-state index contributed by atoms with van der Waals surface area (Å²) in [5, 5.41) is 2.81. The van der Waals surface area contributed by atoms with Crippen molar-refractivity contribution in [3.8, 4) is 10.4 Å². The van der Waals surface area contributed by atoms with Gasteiger partial charge >= 0.3 is 0 Å². The van der Waals surface area contributed by atoms with E-state index >= 15 is 0 Å². The Bertz CT molecular complexity index is 1230. The van der Waals surface area contributed by atoms with Gasteiger partial charge in [0.15, 0.2) is 5.13 Å². The number of benzene rings is 1. The van der Waals surface area contributed by atoms with E-state index in [0.717, 1.165) is 34.5 Å². The van der Waals surface area contributed by atoms with Crippen LogP contribution < -0.4 is 10.0 Å². The first-order chi connectivity index (χ1) is 15.1. The Morgan fingerprint density at radius 1 is 1.25 bits per heavy atom. The van der Waals surface area contributed by atoms with Crippen molar-refractivity contribution in [2.75, 3.05) is 10.0 Å². The number of thiazole rings is 1. The average molecular weight is 475 g/mol. The molecule has 1 aromatic heterocycles. The highest BCUT2D eigenvalue weighted by molar-refractivity contribution is 7.93. The molecule has 10 heteroatoms. The molecule has 1 aliphatic heterocycles. The molecule has 0 bridgehead atoms. The van der Waals surface area contributed by atoms with Crippen LogP contribution in [0.2, 0.25) is 0 Å². The maximum Gasteiger partial charge on any atom is 0.256 e. The summed E-state index contributed by atoms with van der Waals surface area (Å²) >= 11 is 1.34. The Hall–Kier alpha value is -2.46. The second-order valence-electron chi connectivity index (χ2n) is 9.03. The highest BCUT2D eigenvalue weighted by Crippen LogP contribution is 2.43. The summed E-state index contributed by atoms with van der Waals surface area (Å²) in [4.78, 5) is 31.9. The fourth-order valence-electron chi connectivity index (χ4n) is 4.34. The first kappa shape index (κ1) is 21.4. The van der Waals surface area contributed by atoms with Crippen molar-refractivity contribution in [2.24, 2.45) is 5.92 Å². The number of anilines is 2. The molecule has 170 valence electrons. The lowest BCUT2D eigenvalue weighted by Gasteiger charge is -2.24. The number of nitrogens with one attached hydrogen (secondary N) is 2. The topological polar surface area (TPSA) is 108 Å². The third-order valence-electron chi connectivity index (χ3n) is 6.39. The van der Waals surface area contributed by atoms with Gasteiger partial charge in [0.1, 0.15) is 0 Å². The molecule has 0 saturated heterocycles. The van der Waals surface area contributed by atoms with Gasteiger partial charge in [0, 0.05) is 19.5 Å². The summed E-state index contributed by atoms with van der Waals surface area (Å²) in [5.74, 6) is 0.204. The zero-order valence-corrected chi connectivity index (χ0v) is 19.9. The van der Waals surface area contributed by atoms with Crippen molar-refractivity contribution in [3.05, 3.63) is 29.0 Å². The minimum absolute atomic E-state index is 0.112. The SMILES string of the molecule is CC(=O)Nc1nc(C)c(-c2cc3c(c(NS(=O)(=O)C4CC4)c2)C(=O)N([C@@H](C)C2CC2)C3)s1. The number of aromatic nitrogens is 1. The number of carbonyl (C=O) groups excluding carboxylic acids is 2. The highest BCUT2D eigenvalue weighted by Gasteiger charge is 2.41. The summed E-state index contributed by atoms with van der Waals surface area (Å²) in [5.41, 5.74) is 3.14. The van der Waals surface area contributed by atoms with Gasteiger partial charge in [0.2, 0.25) is 15.9 Å². The number of sulfonamides is 1. The van der Waals surface area contributed by atoms with E-state index in [1.807, 2.05) is 17.9 Å². The number of amides is 2. The molecule has 32 heavy (non-hydrogen) atoms. The molecule has 2 aromatic rings. The Labute approximate surface area is 191 Å². The standard InChI is InChI=1S/C22H26N4O4S2/c1-11-20(31-22(23-11)24-13(3)27)15-8-16-10-26(12(2)14-4-5-14)21(28)19(16)18(9-15)25-32(29,30)17-6-7-17/h8-9,12,14,17,25H,4-7,10H2,1-3H3,(H,23,24,27)/t12-/m0/s1. The Morgan fingerprint density at radius 3 is 2.59 bits per heavy atom. The summed E-state index contributed by atoms with van der Waals surface area (Å²) in [6, 6.07) is 3.82. The van der Waals surface area contributed by atoms with Crippen LogP contribution in [0, 0.1) is 12.8 Å². The van der Waals surface area contributed by atoms with Crippen LogP contribution in [0.15, 0.2) is 12.1 Å². The zero-order valence-electron chi connectivity index (χ0n) is 18.3. The number of rotatable bonds is 7. The van der Waals surface area contributed by atoms with Gasteiger partial charge < -0.3 is 10.2 Å². The van der Waals surface area contributed by atoms with Crippen LogP contribution in [0.1, 0.15) is 61.1 Å². The monoisotopic (exact) mass is 474 g/mol. The molecular formula is C22H26N4O4S2. The van der Waals surface area contributed by atoms with E-state index in [9.17, 15) is 18.0 Å². The minimum Gasteiger partial charge on any atom is -0.331 e. The van der Waals surface area contributed by atoms with Gasteiger partial charge in [-0.05, 0) is 68.7 Å². The van der Waals surface area contributed by atoms with Gasteiger partial charge in [-0.15, -0.1) is 0 Å². The van der Waals surface area contributed by atoms with Crippen molar-refractivity contribution < 1.29 is 18.0 Å². The molecule has 2 saturated carbocycles. The molecule has 1 atom stereocenters. The van der Waals surface area contributed by atoms with Crippen molar-refractivity contribution >= 4 is 44.0 Å². The molecule has 2 amide bonds. The Morgan fingerprint density at radius 2 is 1.97 bits per heavy atom. The average Bonchev–Trinajstić information content (AvgIpc) is 3.61.